The zero-order chi connectivity index (χ0) is 11.7. The van der Waals surface area contributed by atoms with Gasteiger partial charge in [-0.3, -0.25) is 9.80 Å². The lowest BCUT2D eigenvalue weighted by molar-refractivity contribution is -0.131. The Balaban J connectivity index is 2.35. The fourth-order valence-electron chi connectivity index (χ4n) is 1.67. The molecule has 84 valence electrons. The van der Waals surface area contributed by atoms with Gasteiger partial charge < -0.3 is 4.98 Å². The van der Waals surface area contributed by atoms with Crippen LogP contribution < -0.4 is 5.84 Å². The highest BCUT2D eigenvalue weighted by molar-refractivity contribution is 5.84. The predicted molar refractivity (Wildman–Crippen MR) is 61.5 cm³/mol. The molecule has 0 aliphatic heterocycles. The van der Waals surface area contributed by atoms with Crippen molar-refractivity contribution in [3.8, 4) is 0 Å². The summed E-state index contributed by atoms with van der Waals surface area (Å²) in [5.74, 6) is 5.07. The Bertz CT molecular complexity index is 517. The second-order valence-electron chi connectivity index (χ2n) is 3.85. The topological polar surface area (TPSA) is 75.0 Å². The van der Waals surface area contributed by atoms with Gasteiger partial charge in [0.2, 0.25) is 5.91 Å². The Morgan fingerprint density at radius 3 is 3.00 bits per heavy atom. The molecule has 3 N–H and O–H groups in total. The van der Waals surface area contributed by atoms with Crippen LogP contribution in [0.5, 0.6) is 0 Å². The number of benzene rings is 1. The normalized spacial score (nSPS) is 12.7. The number of nitrogens with zero attached hydrogens (tertiary/aromatic N) is 2. The van der Waals surface area contributed by atoms with Crippen LogP contribution in [-0.2, 0) is 4.79 Å². The lowest BCUT2D eigenvalue weighted by atomic mass is 10.00. The first-order valence-electron chi connectivity index (χ1n) is 5.05. The Morgan fingerprint density at radius 2 is 2.31 bits per heavy atom. The zero-order valence-corrected chi connectivity index (χ0v) is 9.27. The number of imidazole rings is 1. The van der Waals surface area contributed by atoms with Gasteiger partial charge in [0.15, 0.2) is 0 Å². The number of hydrazine groups is 1. The maximum atomic E-state index is 11.7. The third-order valence-corrected chi connectivity index (χ3v) is 2.66. The summed E-state index contributed by atoms with van der Waals surface area (Å²) < 4.78 is 0. The molecule has 0 saturated heterocycles. The number of rotatable bonds is 2. The summed E-state index contributed by atoms with van der Waals surface area (Å²) in [7, 11) is 1.55. The molecule has 0 aliphatic carbocycles. The van der Waals surface area contributed by atoms with Crippen molar-refractivity contribution < 1.29 is 4.79 Å². The molecule has 1 unspecified atom stereocenters. The van der Waals surface area contributed by atoms with E-state index in [1.807, 2.05) is 25.1 Å². The van der Waals surface area contributed by atoms with Crippen LogP contribution in [-0.4, -0.2) is 27.9 Å². The molecule has 0 saturated carbocycles. The van der Waals surface area contributed by atoms with Crippen LogP contribution >= 0.6 is 0 Å². The summed E-state index contributed by atoms with van der Waals surface area (Å²) in [6.07, 6.45) is 1.63. The number of nitrogens with one attached hydrogen (secondary N) is 1. The van der Waals surface area contributed by atoms with Crippen LogP contribution in [0.1, 0.15) is 18.4 Å². The van der Waals surface area contributed by atoms with Crippen molar-refractivity contribution in [1.29, 1.82) is 0 Å². The van der Waals surface area contributed by atoms with Crippen molar-refractivity contribution >= 4 is 16.9 Å². The highest BCUT2D eigenvalue weighted by Gasteiger charge is 2.17. The summed E-state index contributed by atoms with van der Waals surface area (Å²) in [6, 6.07) is 5.71. The summed E-state index contributed by atoms with van der Waals surface area (Å²) in [4.78, 5) is 18.8. The number of amides is 1. The maximum absolute atomic E-state index is 11.7. The van der Waals surface area contributed by atoms with E-state index in [1.54, 1.807) is 13.4 Å². The van der Waals surface area contributed by atoms with E-state index in [0.717, 1.165) is 21.6 Å². The largest absolute Gasteiger partial charge is 0.345 e. The fraction of sp³-hybridized carbons (Fsp3) is 0.273. The third-order valence-electron chi connectivity index (χ3n) is 2.66. The van der Waals surface area contributed by atoms with Gasteiger partial charge in [-0.1, -0.05) is 6.07 Å². The number of H-pyrrole nitrogens is 1. The summed E-state index contributed by atoms with van der Waals surface area (Å²) >= 11 is 0. The molecule has 1 heterocycles. The Labute approximate surface area is 93.2 Å². The van der Waals surface area contributed by atoms with Crippen molar-refractivity contribution in [1.82, 2.24) is 15.0 Å². The number of fused-ring (bicyclic) bond motifs is 1. The van der Waals surface area contributed by atoms with Gasteiger partial charge in [-0.05, 0) is 24.6 Å². The molecule has 1 amide bonds. The molecule has 1 aromatic carbocycles. The smallest absolute Gasteiger partial charge is 0.243 e. The van der Waals surface area contributed by atoms with Crippen LogP contribution in [0.3, 0.4) is 0 Å². The fourth-order valence-corrected chi connectivity index (χ4v) is 1.67. The van der Waals surface area contributed by atoms with E-state index < -0.39 is 0 Å². The lowest BCUT2D eigenvalue weighted by Crippen LogP contribution is -2.36. The molecule has 5 heteroatoms. The van der Waals surface area contributed by atoms with Crippen molar-refractivity contribution in [2.45, 2.75) is 12.8 Å². The molecule has 5 nitrogen and oxygen atoms in total. The van der Waals surface area contributed by atoms with Gasteiger partial charge in [0.05, 0.1) is 23.3 Å². The number of hydrogen-bond donors (Lipinski definition) is 2. The monoisotopic (exact) mass is 218 g/mol. The van der Waals surface area contributed by atoms with Crippen molar-refractivity contribution in [3.63, 3.8) is 0 Å². The van der Waals surface area contributed by atoms with E-state index in [4.69, 9.17) is 5.84 Å². The highest BCUT2D eigenvalue weighted by Crippen LogP contribution is 2.20. The Kier molecular flexibility index (Phi) is 2.62. The molecule has 1 atom stereocenters. The second-order valence-corrected chi connectivity index (χ2v) is 3.85. The molecule has 0 bridgehead atoms. The standard InChI is InChI=1S/C11H14N4O/c1-7(11(16)15(2)12)8-3-4-9-10(5-8)14-6-13-9/h3-7H,12H2,1-2H3,(H,13,14). The number of carbonyl (C=O) groups is 1. The summed E-state index contributed by atoms with van der Waals surface area (Å²) in [5.41, 5.74) is 2.75. The van der Waals surface area contributed by atoms with Crippen molar-refractivity contribution in [2.24, 2.45) is 5.84 Å². The first kappa shape index (κ1) is 10.6. The number of aromatic amines is 1. The molecule has 0 fully saturated rings. The first-order chi connectivity index (χ1) is 7.59. The van der Waals surface area contributed by atoms with E-state index >= 15 is 0 Å². The van der Waals surface area contributed by atoms with E-state index in [1.165, 1.54) is 0 Å². The Hall–Kier alpha value is -1.88. The van der Waals surface area contributed by atoms with Crippen LogP contribution in [0.25, 0.3) is 11.0 Å². The minimum Gasteiger partial charge on any atom is -0.345 e. The van der Waals surface area contributed by atoms with Crippen LogP contribution in [0.4, 0.5) is 0 Å². The molecule has 2 rings (SSSR count). The van der Waals surface area contributed by atoms with Gasteiger partial charge in [-0.2, -0.15) is 0 Å². The molecule has 0 spiro atoms. The third kappa shape index (κ3) is 1.77. The van der Waals surface area contributed by atoms with Gasteiger partial charge >= 0.3 is 0 Å². The van der Waals surface area contributed by atoms with Gasteiger partial charge in [-0.25, -0.2) is 10.8 Å². The summed E-state index contributed by atoms with van der Waals surface area (Å²) in [5, 5.41) is 1.11. The van der Waals surface area contributed by atoms with Gasteiger partial charge in [0.25, 0.3) is 0 Å². The summed E-state index contributed by atoms with van der Waals surface area (Å²) in [6.45, 7) is 1.84. The molecular formula is C11H14N4O. The molecule has 16 heavy (non-hydrogen) atoms. The van der Waals surface area contributed by atoms with Crippen LogP contribution in [0, 0.1) is 0 Å². The van der Waals surface area contributed by atoms with Crippen molar-refractivity contribution in [3.05, 3.63) is 30.1 Å². The number of nitrogens with two attached hydrogens (primary N) is 1. The zero-order valence-electron chi connectivity index (χ0n) is 9.27. The minimum absolute atomic E-state index is 0.112. The van der Waals surface area contributed by atoms with Gasteiger partial charge in [0, 0.05) is 7.05 Å². The molecule has 1 aromatic heterocycles. The van der Waals surface area contributed by atoms with E-state index in [-0.39, 0.29) is 11.8 Å². The number of hydrogen-bond acceptors (Lipinski definition) is 3. The lowest BCUT2D eigenvalue weighted by Gasteiger charge is -2.16. The predicted octanol–water partition coefficient (Wildman–Crippen LogP) is 0.998. The van der Waals surface area contributed by atoms with Crippen LogP contribution in [0.15, 0.2) is 24.5 Å². The molecular weight excluding hydrogens is 204 g/mol. The quantitative estimate of drug-likeness (QED) is 0.448. The number of aromatic nitrogens is 2. The number of likely N-dealkylation sites (N-methyl/N-ethyl adjacent to an activating group) is 1. The number of carbonyl (C=O) groups excluding carboxylic acids is 1. The SMILES string of the molecule is CC(C(=O)N(C)N)c1ccc2nc[nH]c2c1. The molecule has 0 aliphatic rings. The maximum Gasteiger partial charge on any atom is 0.243 e. The first-order valence-corrected chi connectivity index (χ1v) is 5.05. The average Bonchev–Trinajstić information content (AvgIpc) is 2.73. The minimum atomic E-state index is -0.248. The second kappa shape index (κ2) is 3.94. The highest BCUT2D eigenvalue weighted by atomic mass is 16.2. The molecule has 2 aromatic rings. The van der Waals surface area contributed by atoms with Crippen LogP contribution in [0.2, 0.25) is 0 Å². The van der Waals surface area contributed by atoms with Gasteiger partial charge in [0.1, 0.15) is 0 Å². The van der Waals surface area contributed by atoms with E-state index in [9.17, 15) is 4.79 Å². The Morgan fingerprint density at radius 1 is 1.56 bits per heavy atom. The van der Waals surface area contributed by atoms with E-state index in [0.29, 0.717) is 0 Å². The molecule has 0 radical (unpaired) electrons. The average molecular weight is 218 g/mol. The van der Waals surface area contributed by atoms with Gasteiger partial charge in [-0.15, -0.1) is 0 Å². The van der Waals surface area contributed by atoms with Crippen molar-refractivity contribution in [2.75, 3.05) is 7.05 Å². The van der Waals surface area contributed by atoms with E-state index in [2.05, 4.69) is 9.97 Å².